The van der Waals surface area contributed by atoms with Crippen LogP contribution in [0.2, 0.25) is 0 Å². The summed E-state index contributed by atoms with van der Waals surface area (Å²) in [5, 5.41) is 7.41. The minimum absolute atomic E-state index is 0. The van der Waals surface area contributed by atoms with Gasteiger partial charge in [-0.1, -0.05) is 12.1 Å². The third kappa shape index (κ3) is 6.36. The van der Waals surface area contributed by atoms with Crippen molar-refractivity contribution in [3.63, 3.8) is 0 Å². The molecule has 1 N–H and O–H groups in total. The summed E-state index contributed by atoms with van der Waals surface area (Å²) in [5.41, 5.74) is 2.08. The van der Waals surface area contributed by atoms with Crippen molar-refractivity contribution in [2.45, 2.75) is 53.4 Å². The van der Waals surface area contributed by atoms with E-state index in [0.29, 0.717) is 13.2 Å². The molecule has 27 heavy (non-hydrogen) atoms. The van der Waals surface area contributed by atoms with Crippen LogP contribution in [0.3, 0.4) is 0 Å². The number of nitrogens with one attached hydrogen (secondary N) is 1. The molecular weight excluding hydrogens is 459 g/mol. The zero-order valence-electron chi connectivity index (χ0n) is 17.1. The van der Waals surface area contributed by atoms with Gasteiger partial charge in [-0.15, -0.1) is 24.0 Å². The zero-order valence-corrected chi connectivity index (χ0v) is 19.4. The fourth-order valence-electron chi connectivity index (χ4n) is 3.52. The van der Waals surface area contributed by atoms with E-state index in [1.807, 2.05) is 20.8 Å². The van der Waals surface area contributed by atoms with Gasteiger partial charge >= 0.3 is 5.97 Å². The van der Waals surface area contributed by atoms with Gasteiger partial charge in [0.2, 0.25) is 0 Å². The molecule has 0 radical (unpaired) electrons. The smallest absolute Gasteiger partial charge is 0.309 e. The molecule has 2 rings (SSSR count). The maximum absolute atomic E-state index is 11.9. The average molecular weight is 492 g/mol. The summed E-state index contributed by atoms with van der Waals surface area (Å²) in [5.74, 6) is 1.96. The Labute approximate surface area is 179 Å². The summed E-state index contributed by atoms with van der Waals surface area (Å²) in [6, 6.07) is 0. The normalized spacial score (nSPS) is 16.6. The molecule has 1 aromatic heterocycles. The van der Waals surface area contributed by atoms with E-state index >= 15 is 0 Å². The summed E-state index contributed by atoms with van der Waals surface area (Å²) < 4.78 is 10.4. The predicted molar refractivity (Wildman–Crippen MR) is 117 cm³/mol. The lowest BCUT2D eigenvalue weighted by molar-refractivity contribution is -0.149. The maximum atomic E-state index is 11.9. The van der Waals surface area contributed by atoms with Gasteiger partial charge in [-0.25, -0.2) is 0 Å². The molecule has 8 heteroatoms. The van der Waals surface area contributed by atoms with Crippen LogP contribution in [0.1, 0.15) is 56.5 Å². The Morgan fingerprint density at radius 2 is 2.04 bits per heavy atom. The average Bonchev–Trinajstić information content (AvgIpc) is 2.97. The van der Waals surface area contributed by atoms with E-state index in [9.17, 15) is 4.79 Å². The number of hydrogen-bond acceptors (Lipinski definition) is 5. The van der Waals surface area contributed by atoms with Crippen LogP contribution in [0, 0.1) is 19.8 Å². The monoisotopic (exact) mass is 492 g/mol. The third-order valence-electron chi connectivity index (χ3n) is 4.85. The van der Waals surface area contributed by atoms with Crippen LogP contribution in [0.25, 0.3) is 0 Å². The van der Waals surface area contributed by atoms with Gasteiger partial charge in [0.05, 0.1) is 18.2 Å². The van der Waals surface area contributed by atoms with Crippen molar-refractivity contribution in [3.05, 3.63) is 17.0 Å². The van der Waals surface area contributed by atoms with Gasteiger partial charge in [-0.2, -0.15) is 0 Å². The molecule has 1 aromatic rings. The van der Waals surface area contributed by atoms with Crippen molar-refractivity contribution in [1.82, 2.24) is 15.4 Å². The van der Waals surface area contributed by atoms with Crippen LogP contribution in [-0.4, -0.2) is 54.8 Å². The van der Waals surface area contributed by atoms with Crippen molar-refractivity contribution in [2.24, 2.45) is 10.9 Å². The minimum Gasteiger partial charge on any atom is -0.466 e. The number of hydrogen-bond donors (Lipinski definition) is 1. The second-order valence-electron chi connectivity index (χ2n) is 6.85. The number of esters is 1. The number of aliphatic imine (C=N–C) groups is 1. The van der Waals surface area contributed by atoms with Gasteiger partial charge in [0, 0.05) is 37.7 Å². The third-order valence-corrected chi connectivity index (χ3v) is 4.85. The predicted octanol–water partition coefficient (Wildman–Crippen LogP) is 3.25. The first-order valence-electron chi connectivity index (χ1n) is 9.60. The Kier molecular flexibility index (Phi) is 10.1. The topological polar surface area (TPSA) is 80.0 Å². The van der Waals surface area contributed by atoms with Crippen LogP contribution in [0.5, 0.6) is 0 Å². The van der Waals surface area contributed by atoms with Crippen LogP contribution in [0.15, 0.2) is 9.52 Å². The van der Waals surface area contributed by atoms with Crippen LogP contribution in [0.4, 0.5) is 0 Å². The number of ether oxygens (including phenoxy) is 1. The van der Waals surface area contributed by atoms with Crippen molar-refractivity contribution in [2.75, 3.05) is 32.8 Å². The van der Waals surface area contributed by atoms with E-state index in [1.165, 1.54) is 0 Å². The molecular formula is C19H33IN4O3. The number of aromatic nitrogens is 1. The second-order valence-corrected chi connectivity index (χ2v) is 6.85. The number of likely N-dealkylation sites (tertiary alicyclic amines) is 1. The van der Waals surface area contributed by atoms with Gasteiger partial charge in [0.15, 0.2) is 5.96 Å². The molecule has 0 bridgehead atoms. The highest BCUT2D eigenvalue weighted by Gasteiger charge is 2.27. The molecule has 154 valence electrons. The fraction of sp³-hybridized carbons (Fsp3) is 0.737. The number of rotatable bonds is 6. The minimum atomic E-state index is -0.0684. The lowest BCUT2D eigenvalue weighted by atomic mass is 9.97. The summed E-state index contributed by atoms with van der Waals surface area (Å²) >= 11 is 0. The van der Waals surface area contributed by atoms with Crippen LogP contribution in [-0.2, 0) is 9.53 Å². The summed E-state index contributed by atoms with van der Waals surface area (Å²) in [7, 11) is 0. The van der Waals surface area contributed by atoms with E-state index in [2.05, 4.69) is 29.2 Å². The quantitative estimate of drug-likeness (QED) is 0.284. The van der Waals surface area contributed by atoms with Gasteiger partial charge in [0.25, 0.3) is 0 Å². The molecule has 0 aromatic carbocycles. The SMILES string of the molecule is CCNC(=NCC(C)c1c(C)noc1C)N1CCC(C(=O)OCC)CC1.I. The first-order valence-corrected chi connectivity index (χ1v) is 9.60. The zero-order chi connectivity index (χ0) is 19.1. The molecule has 1 unspecified atom stereocenters. The van der Waals surface area contributed by atoms with Crippen molar-refractivity contribution in [1.29, 1.82) is 0 Å². The molecule has 1 fully saturated rings. The molecule has 1 aliphatic rings. The van der Waals surface area contributed by atoms with Crippen molar-refractivity contribution < 1.29 is 14.1 Å². The second kappa shape index (κ2) is 11.5. The number of guanidine groups is 1. The molecule has 1 aliphatic heterocycles. The Balaban J connectivity index is 0.00000364. The largest absolute Gasteiger partial charge is 0.466 e. The molecule has 2 heterocycles. The van der Waals surface area contributed by atoms with E-state index < -0.39 is 0 Å². The number of carbonyl (C=O) groups excluding carboxylic acids is 1. The lowest BCUT2D eigenvalue weighted by Gasteiger charge is -2.33. The summed E-state index contributed by atoms with van der Waals surface area (Å²) in [6.07, 6.45) is 1.62. The first kappa shape index (κ1) is 23.7. The molecule has 0 aliphatic carbocycles. The number of halogens is 1. The highest BCUT2D eigenvalue weighted by atomic mass is 127. The summed E-state index contributed by atoms with van der Waals surface area (Å²) in [6.45, 7) is 13.5. The lowest BCUT2D eigenvalue weighted by Crippen LogP contribution is -2.46. The maximum Gasteiger partial charge on any atom is 0.309 e. The Bertz CT molecular complexity index is 605. The summed E-state index contributed by atoms with van der Waals surface area (Å²) in [4.78, 5) is 19.0. The Hall–Kier alpha value is -1.32. The molecule has 0 saturated carbocycles. The van der Waals surface area contributed by atoms with E-state index in [-0.39, 0.29) is 41.8 Å². The molecule has 1 saturated heterocycles. The molecule has 7 nitrogen and oxygen atoms in total. The van der Waals surface area contributed by atoms with Crippen molar-refractivity contribution >= 4 is 35.9 Å². The number of aryl methyl sites for hydroxylation is 2. The van der Waals surface area contributed by atoms with E-state index in [0.717, 1.165) is 55.5 Å². The molecule has 0 amide bonds. The number of carbonyl (C=O) groups is 1. The molecule has 1 atom stereocenters. The number of piperidine rings is 1. The highest BCUT2D eigenvalue weighted by Crippen LogP contribution is 2.24. The Morgan fingerprint density at radius 3 is 2.56 bits per heavy atom. The fourth-order valence-corrected chi connectivity index (χ4v) is 3.52. The van der Waals surface area contributed by atoms with Gasteiger partial charge in [-0.3, -0.25) is 9.79 Å². The van der Waals surface area contributed by atoms with E-state index in [4.69, 9.17) is 14.3 Å². The van der Waals surface area contributed by atoms with E-state index in [1.54, 1.807) is 0 Å². The Morgan fingerprint density at radius 1 is 1.37 bits per heavy atom. The first-order chi connectivity index (χ1) is 12.5. The van der Waals surface area contributed by atoms with Gasteiger partial charge < -0.3 is 19.5 Å². The van der Waals surface area contributed by atoms with Gasteiger partial charge in [0.1, 0.15) is 5.76 Å². The molecule has 0 spiro atoms. The highest BCUT2D eigenvalue weighted by molar-refractivity contribution is 14.0. The standard InChI is InChI=1S/C19H32N4O3.HI/c1-6-20-19(21-12-13(3)17-14(4)22-26-15(17)5)23-10-8-16(9-11-23)18(24)25-7-2;/h13,16H,6-12H2,1-5H3,(H,20,21);1H. The van der Waals surface area contributed by atoms with Crippen LogP contribution < -0.4 is 5.32 Å². The van der Waals surface area contributed by atoms with Crippen molar-refractivity contribution in [3.8, 4) is 0 Å². The van der Waals surface area contributed by atoms with Gasteiger partial charge in [-0.05, 0) is 40.5 Å². The van der Waals surface area contributed by atoms with Crippen LogP contribution >= 0.6 is 24.0 Å². The number of nitrogens with zero attached hydrogens (tertiary/aromatic N) is 3.